The van der Waals surface area contributed by atoms with Gasteiger partial charge in [0.2, 0.25) is 15.9 Å². The van der Waals surface area contributed by atoms with E-state index in [2.05, 4.69) is 5.32 Å². The first-order valence-corrected chi connectivity index (χ1v) is 10.1. The van der Waals surface area contributed by atoms with E-state index in [1.54, 1.807) is 18.2 Å². The van der Waals surface area contributed by atoms with Crippen molar-refractivity contribution in [3.63, 3.8) is 0 Å². The minimum absolute atomic E-state index is 0.0460. The van der Waals surface area contributed by atoms with Gasteiger partial charge in [-0.3, -0.25) is 4.79 Å². The molecule has 2 aromatic rings. The molecule has 2 N–H and O–H groups in total. The summed E-state index contributed by atoms with van der Waals surface area (Å²) in [7, 11) is -1.66. The number of rotatable bonds is 8. The number of ether oxygens (including phenoxy) is 2. The second-order valence-corrected chi connectivity index (χ2v) is 7.93. The number of benzene rings is 2. The van der Waals surface area contributed by atoms with E-state index in [4.69, 9.17) is 9.47 Å². The molecule has 2 aromatic carbocycles. The lowest BCUT2D eigenvalue weighted by molar-refractivity contribution is -0.139. The number of methoxy groups -OCH3 is 2. The van der Waals surface area contributed by atoms with Crippen molar-refractivity contribution in [2.24, 2.45) is 0 Å². The van der Waals surface area contributed by atoms with Gasteiger partial charge in [-0.25, -0.2) is 8.42 Å². The first kappa shape index (κ1) is 23.5. The highest BCUT2D eigenvalue weighted by Gasteiger charge is 2.37. The Morgan fingerprint density at radius 3 is 2.30 bits per heavy atom. The fourth-order valence-electron chi connectivity index (χ4n) is 2.62. The largest absolute Gasteiger partial charge is 0.493 e. The fourth-order valence-corrected chi connectivity index (χ4v) is 4.05. The number of alkyl halides is 3. The van der Waals surface area contributed by atoms with Crippen LogP contribution in [0.15, 0.2) is 47.4 Å². The molecule has 0 aromatic heterocycles. The molecule has 164 valence electrons. The second-order valence-electron chi connectivity index (χ2n) is 6.24. The molecule has 1 atom stereocenters. The molecule has 0 heterocycles. The zero-order chi connectivity index (χ0) is 22.5. The smallest absolute Gasteiger partial charge is 0.417 e. The maximum absolute atomic E-state index is 13.1. The summed E-state index contributed by atoms with van der Waals surface area (Å²) >= 11 is 0. The van der Waals surface area contributed by atoms with Gasteiger partial charge in [-0.1, -0.05) is 18.2 Å². The van der Waals surface area contributed by atoms with Crippen molar-refractivity contribution < 1.29 is 35.9 Å². The average Bonchev–Trinajstić information content (AvgIpc) is 2.70. The Morgan fingerprint density at radius 2 is 1.70 bits per heavy atom. The van der Waals surface area contributed by atoms with Crippen LogP contribution in [0.3, 0.4) is 0 Å². The van der Waals surface area contributed by atoms with Gasteiger partial charge < -0.3 is 14.8 Å². The van der Waals surface area contributed by atoms with Crippen LogP contribution in [-0.2, 0) is 27.5 Å². The molecule has 0 unspecified atom stereocenters. The van der Waals surface area contributed by atoms with Crippen molar-refractivity contribution in [1.29, 1.82) is 0 Å². The summed E-state index contributed by atoms with van der Waals surface area (Å²) in [4.78, 5) is 11.3. The first-order chi connectivity index (χ1) is 14.0. The van der Waals surface area contributed by atoms with E-state index >= 15 is 0 Å². The molecule has 0 spiro atoms. The Bertz CT molecular complexity index is 1010. The number of halogens is 3. The molecular weight excluding hydrogens is 425 g/mol. The van der Waals surface area contributed by atoms with Crippen LogP contribution in [0.1, 0.15) is 18.1 Å². The van der Waals surface area contributed by atoms with Gasteiger partial charge >= 0.3 is 6.18 Å². The third-order valence-corrected chi connectivity index (χ3v) is 5.72. The number of hydrogen-bond donors (Lipinski definition) is 2. The Hall–Kier alpha value is -2.79. The average molecular weight is 446 g/mol. The molecule has 11 heteroatoms. The molecule has 0 radical (unpaired) electrons. The summed E-state index contributed by atoms with van der Waals surface area (Å²) in [6.45, 7) is 1.28. The first-order valence-electron chi connectivity index (χ1n) is 8.66. The summed E-state index contributed by atoms with van der Waals surface area (Å²) in [6.07, 6.45) is -4.86. The highest BCUT2D eigenvalue weighted by atomic mass is 32.2. The van der Waals surface area contributed by atoms with E-state index in [1.165, 1.54) is 27.2 Å². The second kappa shape index (κ2) is 9.35. The SMILES string of the molecule is COc1ccc(CNC(=O)[C@H](C)NS(=O)(=O)c2ccccc2C(F)(F)F)cc1OC. The number of carbonyl (C=O) groups is 1. The van der Waals surface area contributed by atoms with E-state index in [1.807, 2.05) is 4.72 Å². The third kappa shape index (κ3) is 5.63. The monoisotopic (exact) mass is 446 g/mol. The Labute approximate surface area is 172 Å². The van der Waals surface area contributed by atoms with Crippen LogP contribution in [0.5, 0.6) is 11.5 Å². The lowest BCUT2D eigenvalue weighted by Gasteiger charge is -2.17. The van der Waals surface area contributed by atoms with Gasteiger partial charge in [0.05, 0.1) is 30.7 Å². The Kier molecular flexibility index (Phi) is 7.32. The van der Waals surface area contributed by atoms with Crippen LogP contribution in [0.25, 0.3) is 0 Å². The fraction of sp³-hybridized carbons (Fsp3) is 0.316. The number of sulfonamides is 1. The lowest BCUT2D eigenvalue weighted by atomic mass is 10.2. The molecule has 0 aliphatic rings. The highest BCUT2D eigenvalue weighted by Crippen LogP contribution is 2.34. The van der Waals surface area contributed by atoms with Gasteiger partial charge in [0.1, 0.15) is 0 Å². The number of amides is 1. The maximum atomic E-state index is 13.1. The van der Waals surface area contributed by atoms with Gasteiger partial charge in [0.25, 0.3) is 0 Å². The predicted octanol–water partition coefficient (Wildman–Crippen LogP) is 2.71. The van der Waals surface area contributed by atoms with Crippen molar-refractivity contribution >= 4 is 15.9 Å². The van der Waals surface area contributed by atoms with E-state index < -0.39 is 38.6 Å². The summed E-state index contributed by atoms with van der Waals surface area (Å²) in [5, 5.41) is 2.52. The Balaban J connectivity index is 2.09. The molecule has 7 nitrogen and oxygen atoms in total. The quantitative estimate of drug-likeness (QED) is 0.651. The van der Waals surface area contributed by atoms with Crippen LogP contribution >= 0.6 is 0 Å². The summed E-state index contributed by atoms with van der Waals surface area (Å²) in [5.74, 6) is 0.233. The molecule has 0 fully saturated rings. The maximum Gasteiger partial charge on any atom is 0.417 e. The normalized spacial score (nSPS) is 12.9. The van der Waals surface area contributed by atoms with Crippen molar-refractivity contribution in [2.45, 2.75) is 30.6 Å². The predicted molar refractivity (Wildman–Crippen MR) is 103 cm³/mol. The molecular formula is C19H21F3N2O5S. The number of carbonyl (C=O) groups excluding carboxylic acids is 1. The van der Waals surface area contributed by atoms with Crippen LogP contribution in [-0.4, -0.2) is 34.6 Å². The van der Waals surface area contributed by atoms with Crippen LogP contribution in [0.2, 0.25) is 0 Å². The van der Waals surface area contributed by atoms with Gasteiger partial charge in [-0.15, -0.1) is 0 Å². The standard InChI is InChI=1S/C19H21F3N2O5S/c1-12(18(25)23-11-13-8-9-15(28-2)16(10-13)29-3)24-30(26,27)17-7-5-4-6-14(17)19(20,21)22/h4-10,12,24H,11H2,1-3H3,(H,23,25)/t12-/m0/s1. The molecule has 30 heavy (non-hydrogen) atoms. The third-order valence-electron chi connectivity index (χ3n) is 4.12. The van der Waals surface area contributed by atoms with Crippen molar-refractivity contribution in [3.05, 3.63) is 53.6 Å². The molecule has 0 saturated heterocycles. The molecule has 1 amide bonds. The molecule has 2 rings (SSSR count). The zero-order valence-corrected chi connectivity index (χ0v) is 17.2. The number of hydrogen-bond acceptors (Lipinski definition) is 5. The van der Waals surface area contributed by atoms with E-state index in [-0.39, 0.29) is 6.54 Å². The van der Waals surface area contributed by atoms with E-state index in [0.29, 0.717) is 23.1 Å². The highest BCUT2D eigenvalue weighted by molar-refractivity contribution is 7.89. The molecule has 0 bridgehead atoms. The van der Waals surface area contributed by atoms with E-state index in [9.17, 15) is 26.4 Å². The van der Waals surface area contributed by atoms with Gasteiger partial charge in [-0.2, -0.15) is 17.9 Å². The lowest BCUT2D eigenvalue weighted by Crippen LogP contribution is -2.44. The van der Waals surface area contributed by atoms with Crippen molar-refractivity contribution in [1.82, 2.24) is 10.0 Å². The van der Waals surface area contributed by atoms with Crippen LogP contribution in [0.4, 0.5) is 13.2 Å². The van der Waals surface area contributed by atoms with Gasteiger partial charge in [0, 0.05) is 6.54 Å². The zero-order valence-electron chi connectivity index (χ0n) is 16.4. The summed E-state index contributed by atoms with van der Waals surface area (Å²) < 4.78 is 76.4. The number of nitrogens with one attached hydrogen (secondary N) is 2. The van der Waals surface area contributed by atoms with Crippen LogP contribution in [0, 0.1) is 0 Å². The summed E-state index contributed by atoms with van der Waals surface area (Å²) in [5.41, 5.74) is -0.658. The topological polar surface area (TPSA) is 93.7 Å². The molecule has 0 aliphatic heterocycles. The summed E-state index contributed by atoms with van der Waals surface area (Å²) in [6, 6.07) is 7.39. The van der Waals surface area contributed by atoms with Crippen molar-refractivity contribution in [3.8, 4) is 11.5 Å². The Morgan fingerprint density at radius 1 is 1.07 bits per heavy atom. The van der Waals surface area contributed by atoms with Crippen LogP contribution < -0.4 is 19.5 Å². The molecule has 0 aliphatic carbocycles. The van der Waals surface area contributed by atoms with Gasteiger partial charge in [0.15, 0.2) is 11.5 Å². The minimum atomic E-state index is -4.86. The van der Waals surface area contributed by atoms with Gasteiger partial charge in [-0.05, 0) is 36.8 Å². The van der Waals surface area contributed by atoms with Crippen molar-refractivity contribution in [2.75, 3.05) is 14.2 Å². The minimum Gasteiger partial charge on any atom is -0.493 e. The molecule has 0 saturated carbocycles. The van der Waals surface area contributed by atoms with E-state index in [0.717, 1.165) is 12.1 Å².